The maximum absolute atomic E-state index is 11.7. The summed E-state index contributed by atoms with van der Waals surface area (Å²) >= 11 is 5.25. The molecule has 0 saturated heterocycles. The monoisotopic (exact) mass is 630 g/mol. The lowest BCUT2D eigenvalue weighted by molar-refractivity contribution is -0.116. The van der Waals surface area contributed by atoms with Crippen molar-refractivity contribution in [2.24, 2.45) is 5.73 Å². The van der Waals surface area contributed by atoms with E-state index in [1.807, 2.05) is 0 Å². The number of amides is 1. The number of aromatic carboxylic acids is 2. The van der Waals surface area contributed by atoms with Gasteiger partial charge in [-0.15, -0.1) is 0 Å². The topological polar surface area (TPSA) is 130 Å². The number of carbonyl (C=O) groups excluding carboxylic acids is 1. The van der Waals surface area contributed by atoms with Gasteiger partial charge >= 0.3 is 11.9 Å². The van der Waals surface area contributed by atoms with Crippen LogP contribution in [-0.4, -0.2) is 34.6 Å². The van der Waals surface area contributed by atoms with Gasteiger partial charge in [-0.1, -0.05) is 0 Å². The van der Waals surface area contributed by atoms with E-state index < -0.39 is 17.8 Å². The summed E-state index contributed by atoms with van der Waals surface area (Å²) < 4.78 is 0.687. The number of carbonyl (C=O) groups is 3. The highest BCUT2D eigenvalue weighted by Gasteiger charge is 2.28. The zero-order valence-electron chi connectivity index (χ0n) is 10.2. The predicted molar refractivity (Wildman–Crippen MR) is 101 cm³/mol. The molecule has 0 aromatic heterocycles. The molecule has 0 radical (unpaired) electrons. The van der Waals surface area contributed by atoms with Crippen LogP contribution in [-0.2, 0) is 4.79 Å². The van der Waals surface area contributed by atoms with E-state index in [1.165, 1.54) is 0 Å². The quantitative estimate of drug-likeness (QED) is 0.370. The molecule has 21 heavy (non-hydrogen) atoms. The number of nitrogens with one attached hydrogen (secondary N) is 1. The minimum absolute atomic E-state index is 0.0585. The molecule has 0 unspecified atom stereocenters. The largest absolute Gasteiger partial charge is 0.478 e. The number of nitrogens with two attached hydrogens (primary N) is 1. The fraction of sp³-hybridized carbons (Fsp3) is 0.182. The van der Waals surface area contributed by atoms with E-state index in [9.17, 15) is 24.6 Å². The molecular weight excluding hydrogens is 621 g/mol. The SMILES string of the molecule is NCCC(=O)Nc1c(I)c(C(=O)O)c(I)c(C(=O)O)c1I. The number of hydrogen-bond donors (Lipinski definition) is 4. The Kier molecular flexibility index (Phi) is 7.05. The number of carboxylic acids is 2. The number of hydrogen-bond acceptors (Lipinski definition) is 4. The zero-order chi connectivity index (χ0) is 16.3. The van der Waals surface area contributed by atoms with Crippen LogP contribution in [0.1, 0.15) is 27.1 Å². The third kappa shape index (κ3) is 4.16. The number of benzene rings is 1. The second-order valence-corrected chi connectivity index (χ2v) is 7.00. The summed E-state index contributed by atoms with van der Waals surface area (Å²) in [5.41, 5.74) is 5.19. The lowest BCUT2D eigenvalue weighted by Gasteiger charge is -2.16. The second-order valence-electron chi connectivity index (χ2n) is 3.76. The van der Waals surface area contributed by atoms with Crippen LogP contribution in [0.4, 0.5) is 5.69 Å². The standard InChI is InChI=1S/C11H9I3N2O5/c12-6-4(10(18)19)7(13)9(16-3(17)1-2-15)8(14)5(6)11(20)21/h1-2,15H2,(H,16,17)(H,18,19)(H,20,21). The van der Waals surface area contributed by atoms with Crippen molar-refractivity contribution in [3.63, 3.8) is 0 Å². The van der Waals surface area contributed by atoms with Crippen LogP contribution in [0.15, 0.2) is 0 Å². The molecular formula is C11H9I3N2O5. The Hall–Kier alpha value is -0.220. The molecule has 10 heteroatoms. The summed E-state index contributed by atoms with van der Waals surface area (Å²) in [5.74, 6) is -2.91. The molecule has 7 nitrogen and oxygen atoms in total. The Balaban J connectivity index is 3.60. The molecule has 0 heterocycles. The van der Waals surface area contributed by atoms with Crippen LogP contribution in [0.25, 0.3) is 0 Å². The van der Waals surface area contributed by atoms with Crippen molar-refractivity contribution < 1.29 is 24.6 Å². The van der Waals surface area contributed by atoms with E-state index in [0.717, 1.165) is 0 Å². The van der Waals surface area contributed by atoms with Gasteiger partial charge in [-0.25, -0.2) is 9.59 Å². The molecule has 1 aromatic rings. The Labute approximate surface area is 160 Å². The molecule has 1 amide bonds. The van der Waals surface area contributed by atoms with Gasteiger partial charge in [0, 0.05) is 16.5 Å². The maximum atomic E-state index is 11.7. The van der Waals surface area contributed by atoms with Gasteiger partial charge in [0.2, 0.25) is 5.91 Å². The molecule has 0 aliphatic heterocycles. The lowest BCUT2D eigenvalue weighted by Crippen LogP contribution is -2.21. The van der Waals surface area contributed by atoms with Crippen molar-refractivity contribution in [3.8, 4) is 0 Å². The first kappa shape index (κ1) is 18.8. The van der Waals surface area contributed by atoms with Crippen LogP contribution in [0.5, 0.6) is 0 Å². The Morgan fingerprint density at radius 1 is 0.952 bits per heavy atom. The van der Waals surface area contributed by atoms with Crippen molar-refractivity contribution in [2.45, 2.75) is 6.42 Å². The Morgan fingerprint density at radius 3 is 1.71 bits per heavy atom. The first-order chi connectivity index (χ1) is 9.72. The highest BCUT2D eigenvalue weighted by Crippen LogP contribution is 2.35. The van der Waals surface area contributed by atoms with E-state index in [0.29, 0.717) is 0 Å². The number of anilines is 1. The van der Waals surface area contributed by atoms with Crippen LogP contribution < -0.4 is 11.1 Å². The van der Waals surface area contributed by atoms with Crippen LogP contribution >= 0.6 is 67.8 Å². The molecule has 0 bridgehead atoms. The van der Waals surface area contributed by atoms with Gasteiger partial charge in [0.05, 0.1) is 24.0 Å². The van der Waals surface area contributed by atoms with Gasteiger partial charge in [-0.05, 0) is 67.8 Å². The summed E-state index contributed by atoms with van der Waals surface area (Å²) in [6, 6.07) is 0. The molecule has 0 atom stereocenters. The van der Waals surface area contributed by atoms with Crippen molar-refractivity contribution >= 4 is 91.3 Å². The van der Waals surface area contributed by atoms with Crippen LogP contribution in [0.2, 0.25) is 0 Å². The van der Waals surface area contributed by atoms with Gasteiger partial charge in [-0.3, -0.25) is 4.79 Å². The van der Waals surface area contributed by atoms with Crippen LogP contribution in [0.3, 0.4) is 0 Å². The Bertz CT molecular complexity index is 592. The minimum Gasteiger partial charge on any atom is -0.478 e. The fourth-order valence-electron chi connectivity index (χ4n) is 1.48. The molecule has 1 aromatic carbocycles. The van der Waals surface area contributed by atoms with Crippen molar-refractivity contribution in [3.05, 3.63) is 21.8 Å². The van der Waals surface area contributed by atoms with Gasteiger partial charge in [0.1, 0.15) is 0 Å². The fourth-order valence-corrected chi connectivity index (χ4v) is 5.84. The van der Waals surface area contributed by atoms with Gasteiger partial charge in [0.25, 0.3) is 0 Å². The van der Waals surface area contributed by atoms with Gasteiger partial charge < -0.3 is 21.3 Å². The molecule has 0 saturated carbocycles. The molecule has 1 rings (SSSR count). The third-order valence-electron chi connectivity index (χ3n) is 2.38. The van der Waals surface area contributed by atoms with Gasteiger partial charge in [-0.2, -0.15) is 0 Å². The summed E-state index contributed by atoms with van der Waals surface area (Å²) in [4.78, 5) is 34.4. The first-order valence-corrected chi connectivity index (χ1v) is 8.62. The van der Waals surface area contributed by atoms with Crippen LogP contribution in [0, 0.1) is 10.7 Å². The van der Waals surface area contributed by atoms with E-state index in [1.54, 1.807) is 67.8 Å². The van der Waals surface area contributed by atoms with E-state index in [2.05, 4.69) is 5.32 Å². The normalized spacial score (nSPS) is 10.3. The third-order valence-corrected chi connectivity index (χ3v) is 5.62. The molecule has 0 aliphatic rings. The minimum atomic E-state index is -1.25. The zero-order valence-corrected chi connectivity index (χ0v) is 16.7. The van der Waals surface area contributed by atoms with E-state index in [4.69, 9.17) is 5.73 Å². The summed E-state index contributed by atoms with van der Waals surface area (Å²) in [5, 5.41) is 21.1. The van der Waals surface area contributed by atoms with Crippen molar-refractivity contribution in [1.82, 2.24) is 0 Å². The molecule has 0 aliphatic carbocycles. The predicted octanol–water partition coefficient (Wildman–Crippen LogP) is 2.18. The van der Waals surface area contributed by atoms with E-state index in [-0.39, 0.29) is 40.5 Å². The molecule has 0 spiro atoms. The maximum Gasteiger partial charge on any atom is 0.337 e. The number of carboxylic acid groups (broad SMARTS) is 2. The average molecular weight is 630 g/mol. The van der Waals surface area contributed by atoms with Gasteiger partial charge in [0.15, 0.2) is 0 Å². The lowest BCUT2D eigenvalue weighted by atomic mass is 10.1. The smallest absolute Gasteiger partial charge is 0.337 e. The summed E-state index contributed by atoms with van der Waals surface area (Å²) in [6.07, 6.45) is 0.0585. The van der Waals surface area contributed by atoms with Crippen molar-refractivity contribution in [2.75, 3.05) is 11.9 Å². The summed E-state index contributed by atoms with van der Waals surface area (Å²) in [7, 11) is 0. The average Bonchev–Trinajstić information content (AvgIpc) is 2.33. The highest BCUT2D eigenvalue weighted by atomic mass is 127. The molecule has 114 valence electrons. The Morgan fingerprint density at radius 2 is 1.38 bits per heavy atom. The second kappa shape index (κ2) is 7.87. The van der Waals surface area contributed by atoms with E-state index >= 15 is 0 Å². The van der Waals surface area contributed by atoms with Crippen molar-refractivity contribution in [1.29, 1.82) is 0 Å². The number of halogens is 3. The molecule has 0 fully saturated rings. The molecule has 5 N–H and O–H groups in total. The number of rotatable bonds is 5. The first-order valence-electron chi connectivity index (χ1n) is 5.39. The highest BCUT2D eigenvalue weighted by molar-refractivity contribution is 14.1. The summed E-state index contributed by atoms with van der Waals surface area (Å²) in [6.45, 7) is 0.140.